The van der Waals surface area contributed by atoms with Gasteiger partial charge in [0.1, 0.15) is 0 Å². The second-order valence-electron chi connectivity index (χ2n) is 4.99. The Morgan fingerprint density at radius 2 is 2.29 bits per heavy atom. The molecule has 1 aliphatic rings. The molecule has 0 bridgehead atoms. The zero-order chi connectivity index (χ0) is 15.3. The van der Waals surface area contributed by atoms with Gasteiger partial charge in [-0.3, -0.25) is 0 Å². The molecule has 5 nitrogen and oxygen atoms in total. The van der Waals surface area contributed by atoms with E-state index in [1.807, 2.05) is 6.07 Å². The number of benzene rings is 1. The van der Waals surface area contributed by atoms with E-state index in [0.717, 1.165) is 25.1 Å². The summed E-state index contributed by atoms with van der Waals surface area (Å²) in [6.07, 6.45) is 3.65. The first-order chi connectivity index (χ1) is 10.1. The molecule has 0 unspecified atom stereocenters. The summed E-state index contributed by atoms with van der Waals surface area (Å²) in [6, 6.07) is 5.31. The molecule has 0 aromatic heterocycles. The first-order valence-electron chi connectivity index (χ1n) is 7.06. The van der Waals surface area contributed by atoms with Crippen molar-refractivity contribution in [2.24, 2.45) is 0 Å². The summed E-state index contributed by atoms with van der Waals surface area (Å²) in [6.45, 7) is 5.46. The molecule has 0 atom stereocenters. The summed E-state index contributed by atoms with van der Waals surface area (Å²) in [5, 5.41) is 3.26. The Balaban J connectivity index is 2.30. The van der Waals surface area contributed by atoms with Crippen molar-refractivity contribution in [3.8, 4) is 0 Å². The second-order valence-corrected chi connectivity index (χ2v) is 6.93. The highest BCUT2D eigenvalue weighted by Gasteiger charge is 2.24. The molecule has 0 aliphatic carbocycles. The molecule has 1 aromatic carbocycles. The predicted octanol–water partition coefficient (Wildman–Crippen LogP) is 1.87. The van der Waals surface area contributed by atoms with Gasteiger partial charge in [0.2, 0.25) is 10.0 Å². The molecule has 2 rings (SSSR count). The lowest BCUT2D eigenvalue weighted by Crippen LogP contribution is -2.34. The average molecular weight is 310 g/mol. The Morgan fingerprint density at radius 1 is 1.48 bits per heavy atom. The third-order valence-corrected chi connectivity index (χ3v) is 5.40. The number of ether oxygens (including phenoxy) is 1. The fourth-order valence-corrected chi connectivity index (χ4v) is 3.82. The van der Waals surface area contributed by atoms with Crippen LogP contribution in [-0.2, 0) is 21.2 Å². The molecule has 0 fully saturated rings. The minimum Gasteiger partial charge on any atom is -0.385 e. The fraction of sp³-hybridized carbons (Fsp3) is 0.467. The van der Waals surface area contributed by atoms with E-state index in [1.54, 1.807) is 25.3 Å². The van der Waals surface area contributed by atoms with Crippen LogP contribution in [0.2, 0.25) is 0 Å². The maximum absolute atomic E-state index is 12.7. The molecular formula is C15H22N2O3S. The molecule has 116 valence electrons. The Labute approximate surface area is 126 Å². The van der Waals surface area contributed by atoms with Crippen LogP contribution in [0.15, 0.2) is 35.7 Å². The van der Waals surface area contributed by atoms with Gasteiger partial charge in [0.25, 0.3) is 0 Å². The van der Waals surface area contributed by atoms with Gasteiger partial charge in [0.05, 0.1) is 11.5 Å². The molecule has 0 saturated carbocycles. The van der Waals surface area contributed by atoms with Crippen LogP contribution in [0.3, 0.4) is 0 Å². The molecular weight excluding hydrogens is 288 g/mol. The molecule has 1 aromatic rings. The third kappa shape index (κ3) is 3.64. The number of rotatable bonds is 7. The Morgan fingerprint density at radius 3 is 3.00 bits per heavy atom. The smallest absolute Gasteiger partial charge is 0.243 e. The maximum atomic E-state index is 12.7. The monoisotopic (exact) mass is 310 g/mol. The summed E-state index contributed by atoms with van der Waals surface area (Å²) >= 11 is 0. The highest BCUT2D eigenvalue weighted by molar-refractivity contribution is 7.89. The third-order valence-electron chi connectivity index (χ3n) is 3.53. The molecule has 1 aliphatic heterocycles. The first-order valence-corrected chi connectivity index (χ1v) is 8.50. The topological polar surface area (TPSA) is 58.6 Å². The van der Waals surface area contributed by atoms with E-state index in [0.29, 0.717) is 18.0 Å². The SMILES string of the molecule is C=CCN(CCOC)S(=O)(=O)c1ccc2c(c1)NCCC2. The van der Waals surface area contributed by atoms with Gasteiger partial charge in [-0.1, -0.05) is 12.1 Å². The van der Waals surface area contributed by atoms with Crippen molar-refractivity contribution < 1.29 is 13.2 Å². The quantitative estimate of drug-likeness (QED) is 0.781. The number of aryl methyl sites for hydroxylation is 1. The van der Waals surface area contributed by atoms with Gasteiger partial charge in [-0.05, 0) is 30.5 Å². The van der Waals surface area contributed by atoms with Crippen molar-refractivity contribution >= 4 is 15.7 Å². The zero-order valence-electron chi connectivity index (χ0n) is 12.3. The van der Waals surface area contributed by atoms with E-state index in [2.05, 4.69) is 11.9 Å². The summed E-state index contributed by atoms with van der Waals surface area (Å²) in [7, 11) is -1.97. The van der Waals surface area contributed by atoms with Crippen LogP contribution in [0.4, 0.5) is 5.69 Å². The molecule has 0 spiro atoms. The number of methoxy groups -OCH3 is 1. The van der Waals surface area contributed by atoms with E-state index >= 15 is 0 Å². The number of anilines is 1. The van der Waals surface area contributed by atoms with E-state index in [4.69, 9.17) is 4.74 Å². The Kier molecular flexibility index (Phi) is 5.39. The van der Waals surface area contributed by atoms with E-state index in [-0.39, 0.29) is 6.54 Å². The van der Waals surface area contributed by atoms with Gasteiger partial charge < -0.3 is 10.1 Å². The number of hydrogen-bond acceptors (Lipinski definition) is 4. The maximum Gasteiger partial charge on any atom is 0.243 e. The van der Waals surface area contributed by atoms with Gasteiger partial charge >= 0.3 is 0 Å². The van der Waals surface area contributed by atoms with Crippen molar-refractivity contribution in [1.29, 1.82) is 0 Å². The molecule has 1 N–H and O–H groups in total. The second kappa shape index (κ2) is 7.06. The van der Waals surface area contributed by atoms with E-state index in [9.17, 15) is 8.42 Å². The van der Waals surface area contributed by atoms with Gasteiger partial charge in [-0.25, -0.2) is 8.42 Å². The minimum atomic E-state index is -3.53. The molecule has 0 saturated heterocycles. The summed E-state index contributed by atoms with van der Waals surface area (Å²) in [5.41, 5.74) is 2.10. The van der Waals surface area contributed by atoms with Gasteiger partial charge in [0, 0.05) is 32.4 Å². The molecule has 0 radical (unpaired) electrons. The van der Waals surface area contributed by atoms with Crippen molar-refractivity contribution in [2.45, 2.75) is 17.7 Å². The Bertz CT molecular complexity index is 599. The Hall–Kier alpha value is -1.37. The van der Waals surface area contributed by atoms with E-state index < -0.39 is 10.0 Å². The van der Waals surface area contributed by atoms with Crippen molar-refractivity contribution in [3.05, 3.63) is 36.4 Å². The summed E-state index contributed by atoms with van der Waals surface area (Å²) in [5.74, 6) is 0. The van der Waals surface area contributed by atoms with Crippen molar-refractivity contribution in [3.63, 3.8) is 0 Å². The van der Waals surface area contributed by atoms with Crippen LogP contribution >= 0.6 is 0 Å². The predicted molar refractivity (Wildman–Crippen MR) is 84.1 cm³/mol. The summed E-state index contributed by atoms with van der Waals surface area (Å²) < 4.78 is 31.8. The number of hydrogen-bond donors (Lipinski definition) is 1. The summed E-state index contributed by atoms with van der Waals surface area (Å²) in [4.78, 5) is 0.314. The standard InChI is InChI=1S/C15H22N2O3S/c1-3-9-17(10-11-20-2)21(18,19)14-7-6-13-5-4-8-16-15(13)12-14/h3,6-7,12,16H,1,4-5,8-11H2,2H3. The largest absolute Gasteiger partial charge is 0.385 e. The van der Waals surface area contributed by atoms with Crippen LogP contribution in [-0.4, -0.2) is 46.1 Å². The number of fused-ring (bicyclic) bond motifs is 1. The van der Waals surface area contributed by atoms with Gasteiger partial charge in [0.15, 0.2) is 0 Å². The lowest BCUT2D eigenvalue weighted by molar-refractivity contribution is 0.182. The van der Waals surface area contributed by atoms with Crippen LogP contribution in [0.5, 0.6) is 0 Å². The van der Waals surface area contributed by atoms with Gasteiger partial charge in [-0.15, -0.1) is 6.58 Å². The average Bonchev–Trinajstić information content (AvgIpc) is 2.50. The van der Waals surface area contributed by atoms with Crippen LogP contribution in [0.1, 0.15) is 12.0 Å². The normalized spacial score (nSPS) is 14.6. The first kappa shape index (κ1) is 16.0. The number of nitrogens with one attached hydrogen (secondary N) is 1. The molecule has 1 heterocycles. The molecule has 0 amide bonds. The highest BCUT2D eigenvalue weighted by Crippen LogP contribution is 2.26. The van der Waals surface area contributed by atoms with Crippen LogP contribution in [0.25, 0.3) is 0 Å². The lowest BCUT2D eigenvalue weighted by atomic mass is 10.0. The highest BCUT2D eigenvalue weighted by atomic mass is 32.2. The van der Waals surface area contributed by atoms with Crippen molar-refractivity contribution in [1.82, 2.24) is 4.31 Å². The van der Waals surface area contributed by atoms with Crippen molar-refractivity contribution in [2.75, 3.05) is 38.7 Å². The van der Waals surface area contributed by atoms with Crippen LogP contribution < -0.4 is 5.32 Å². The molecule has 6 heteroatoms. The fourth-order valence-electron chi connectivity index (χ4n) is 2.40. The van der Waals surface area contributed by atoms with Crippen LogP contribution in [0, 0.1) is 0 Å². The zero-order valence-corrected chi connectivity index (χ0v) is 13.2. The number of sulfonamides is 1. The minimum absolute atomic E-state index is 0.274. The lowest BCUT2D eigenvalue weighted by Gasteiger charge is -2.23. The van der Waals surface area contributed by atoms with E-state index in [1.165, 1.54) is 9.87 Å². The van der Waals surface area contributed by atoms with Gasteiger partial charge in [-0.2, -0.15) is 4.31 Å². The number of nitrogens with zero attached hydrogens (tertiary/aromatic N) is 1. The molecule has 21 heavy (non-hydrogen) atoms.